The maximum atomic E-state index is 14.2. The first-order valence-electron chi connectivity index (χ1n) is 18.5. The van der Waals surface area contributed by atoms with E-state index in [-0.39, 0.29) is 37.7 Å². The summed E-state index contributed by atoms with van der Waals surface area (Å²) < 4.78 is 5.49. The molecule has 0 spiro atoms. The lowest BCUT2D eigenvalue weighted by Gasteiger charge is -2.29. The van der Waals surface area contributed by atoms with E-state index in [1.165, 1.54) is 6.33 Å². The SMILES string of the molecule is CC(C)C[C@H](NC(=O)[C@@H](Cc1cnc[nH]1)NC(=O)[C@H](Cc1cccc2ccccc12)NC(=O)OCc1ccccc1)[C@@H](C=O)CC(=O)NCc1ccccc1. The Morgan fingerprint density at radius 2 is 1.42 bits per heavy atom. The number of ether oxygens (including phenoxy) is 1. The molecule has 286 valence electrons. The fourth-order valence-electron chi connectivity index (χ4n) is 6.40. The van der Waals surface area contributed by atoms with Gasteiger partial charge in [0.15, 0.2) is 0 Å². The molecule has 0 saturated carbocycles. The van der Waals surface area contributed by atoms with E-state index in [1.54, 1.807) is 6.20 Å². The van der Waals surface area contributed by atoms with Gasteiger partial charge in [0.1, 0.15) is 25.0 Å². The van der Waals surface area contributed by atoms with Crippen molar-refractivity contribution in [3.05, 3.63) is 138 Å². The average Bonchev–Trinajstić information content (AvgIpc) is 3.71. The van der Waals surface area contributed by atoms with Crippen LogP contribution in [0.15, 0.2) is 116 Å². The fourth-order valence-corrected chi connectivity index (χ4v) is 6.40. The van der Waals surface area contributed by atoms with Crippen molar-refractivity contribution in [2.24, 2.45) is 11.8 Å². The van der Waals surface area contributed by atoms with E-state index in [4.69, 9.17) is 4.74 Å². The van der Waals surface area contributed by atoms with Gasteiger partial charge in [0.2, 0.25) is 17.7 Å². The van der Waals surface area contributed by atoms with Crippen molar-refractivity contribution < 1.29 is 28.7 Å². The molecule has 4 aromatic carbocycles. The predicted octanol–water partition coefficient (Wildman–Crippen LogP) is 5.18. The Labute approximate surface area is 320 Å². The number of hydrogen-bond donors (Lipinski definition) is 5. The third kappa shape index (κ3) is 12.4. The molecule has 0 aliphatic heterocycles. The zero-order valence-electron chi connectivity index (χ0n) is 31.1. The summed E-state index contributed by atoms with van der Waals surface area (Å²) in [5, 5.41) is 13.3. The van der Waals surface area contributed by atoms with Crippen LogP contribution in [0.25, 0.3) is 10.8 Å². The number of alkyl carbamates (subject to hydrolysis) is 1. The molecule has 12 nitrogen and oxygen atoms in total. The number of carbonyl (C=O) groups is 5. The van der Waals surface area contributed by atoms with Crippen LogP contribution in [0.5, 0.6) is 0 Å². The predicted molar refractivity (Wildman–Crippen MR) is 209 cm³/mol. The molecule has 0 radical (unpaired) electrons. The van der Waals surface area contributed by atoms with Crippen molar-refractivity contribution in [2.45, 2.75) is 70.8 Å². The van der Waals surface area contributed by atoms with Gasteiger partial charge in [0.25, 0.3) is 0 Å². The first-order valence-corrected chi connectivity index (χ1v) is 18.5. The number of rotatable bonds is 19. The summed E-state index contributed by atoms with van der Waals surface area (Å²) in [6.45, 7) is 4.22. The van der Waals surface area contributed by atoms with Gasteiger partial charge in [-0.3, -0.25) is 14.4 Å². The van der Waals surface area contributed by atoms with Gasteiger partial charge >= 0.3 is 6.09 Å². The molecule has 0 bridgehead atoms. The molecule has 0 fully saturated rings. The topological polar surface area (TPSA) is 171 Å². The van der Waals surface area contributed by atoms with Gasteiger partial charge in [-0.1, -0.05) is 117 Å². The number of imidazole rings is 1. The molecular formula is C43H48N6O6. The molecule has 55 heavy (non-hydrogen) atoms. The third-order valence-corrected chi connectivity index (χ3v) is 9.24. The number of H-pyrrole nitrogens is 1. The average molecular weight is 745 g/mol. The summed E-state index contributed by atoms with van der Waals surface area (Å²) in [5.41, 5.74) is 3.09. The molecule has 0 aliphatic rings. The van der Waals surface area contributed by atoms with Crippen LogP contribution in [-0.4, -0.2) is 58.2 Å². The molecule has 5 aromatic rings. The number of benzene rings is 4. The lowest BCUT2D eigenvalue weighted by molar-refractivity contribution is -0.131. The molecule has 5 rings (SSSR count). The lowest BCUT2D eigenvalue weighted by atomic mass is 9.89. The first kappa shape index (κ1) is 39.9. The lowest BCUT2D eigenvalue weighted by Crippen LogP contribution is -2.57. The monoisotopic (exact) mass is 744 g/mol. The highest BCUT2D eigenvalue weighted by atomic mass is 16.5. The Kier molecular flexibility index (Phi) is 14.7. The molecule has 1 heterocycles. The highest BCUT2D eigenvalue weighted by Gasteiger charge is 2.32. The van der Waals surface area contributed by atoms with E-state index < -0.39 is 42.0 Å². The highest BCUT2D eigenvalue weighted by Crippen LogP contribution is 2.21. The first-order chi connectivity index (χ1) is 26.7. The summed E-state index contributed by atoms with van der Waals surface area (Å²) in [6.07, 6.45) is 3.34. The molecule has 12 heteroatoms. The summed E-state index contributed by atoms with van der Waals surface area (Å²) in [4.78, 5) is 74.0. The zero-order valence-corrected chi connectivity index (χ0v) is 31.1. The van der Waals surface area contributed by atoms with Crippen LogP contribution in [0.2, 0.25) is 0 Å². The fraction of sp³-hybridized carbons (Fsp3) is 0.302. The number of carbonyl (C=O) groups excluding carboxylic acids is 5. The van der Waals surface area contributed by atoms with Crippen molar-refractivity contribution in [1.82, 2.24) is 31.2 Å². The van der Waals surface area contributed by atoms with Crippen LogP contribution in [0.1, 0.15) is 49.1 Å². The number of fused-ring (bicyclic) bond motifs is 1. The van der Waals surface area contributed by atoms with E-state index in [9.17, 15) is 24.0 Å². The minimum Gasteiger partial charge on any atom is -0.445 e. The second-order valence-corrected chi connectivity index (χ2v) is 14.0. The van der Waals surface area contributed by atoms with Crippen molar-refractivity contribution in [1.29, 1.82) is 0 Å². The van der Waals surface area contributed by atoms with Crippen molar-refractivity contribution in [3.8, 4) is 0 Å². The van der Waals surface area contributed by atoms with Crippen molar-refractivity contribution in [3.63, 3.8) is 0 Å². The maximum absolute atomic E-state index is 14.2. The molecular weight excluding hydrogens is 697 g/mol. The summed E-state index contributed by atoms with van der Waals surface area (Å²) in [5.74, 6) is -2.26. The summed E-state index contributed by atoms with van der Waals surface area (Å²) >= 11 is 0. The van der Waals surface area contributed by atoms with Crippen LogP contribution in [-0.2, 0) is 49.9 Å². The van der Waals surface area contributed by atoms with Gasteiger partial charge in [-0.25, -0.2) is 9.78 Å². The van der Waals surface area contributed by atoms with Gasteiger partial charge < -0.3 is 35.8 Å². The van der Waals surface area contributed by atoms with Crippen LogP contribution in [0.4, 0.5) is 4.79 Å². The summed E-state index contributed by atoms with van der Waals surface area (Å²) in [6, 6.07) is 29.1. The largest absolute Gasteiger partial charge is 0.445 e. The van der Waals surface area contributed by atoms with E-state index >= 15 is 0 Å². The van der Waals surface area contributed by atoms with Crippen LogP contribution in [0, 0.1) is 11.8 Å². The summed E-state index contributed by atoms with van der Waals surface area (Å²) in [7, 11) is 0. The molecule has 4 amide bonds. The van der Waals surface area contributed by atoms with Gasteiger partial charge in [-0.05, 0) is 39.8 Å². The maximum Gasteiger partial charge on any atom is 0.408 e. The Balaban J connectivity index is 1.34. The number of nitrogens with one attached hydrogen (secondary N) is 5. The molecule has 0 aliphatic carbocycles. The second-order valence-electron chi connectivity index (χ2n) is 14.0. The van der Waals surface area contributed by atoms with Crippen LogP contribution >= 0.6 is 0 Å². The quantitative estimate of drug-likeness (QED) is 0.0726. The van der Waals surface area contributed by atoms with Crippen LogP contribution in [0.3, 0.4) is 0 Å². The number of hydrogen-bond acceptors (Lipinski definition) is 7. The number of aldehydes is 1. The highest BCUT2D eigenvalue weighted by molar-refractivity contribution is 5.93. The third-order valence-electron chi connectivity index (χ3n) is 9.24. The number of aromatic amines is 1. The standard InChI is InChI=1S/C43H48N6O6/c1-29(2)20-37(34(26-50)22-40(51)45-24-30-12-5-3-6-13-30)47-42(53)39(23-35-25-44-28-46-35)48-41(52)38(49-43(54)55-27-31-14-7-4-8-15-31)21-33-18-11-17-32-16-9-10-19-36(32)33/h3-19,25-26,28-29,34,37-39H,20-24,27H2,1-2H3,(H,44,46)(H,45,51)(H,47,53)(H,48,52)(H,49,54)/t34-,37+,38+,39-/m1/s1. The molecule has 4 atom stereocenters. The van der Waals surface area contributed by atoms with Gasteiger partial charge in [0.05, 0.1) is 6.33 Å². The van der Waals surface area contributed by atoms with E-state index in [0.717, 1.165) is 27.5 Å². The zero-order chi connectivity index (χ0) is 39.0. The van der Waals surface area contributed by atoms with E-state index in [0.29, 0.717) is 24.9 Å². The van der Waals surface area contributed by atoms with E-state index in [2.05, 4.69) is 31.2 Å². The normalized spacial score (nSPS) is 13.2. The van der Waals surface area contributed by atoms with Gasteiger partial charge in [0, 0.05) is 49.7 Å². The Morgan fingerprint density at radius 1 is 0.764 bits per heavy atom. The smallest absolute Gasteiger partial charge is 0.408 e. The Bertz CT molecular complexity index is 2000. The minimum atomic E-state index is -1.14. The Morgan fingerprint density at radius 3 is 2.11 bits per heavy atom. The number of aromatic nitrogens is 2. The number of nitrogens with zero attached hydrogens (tertiary/aromatic N) is 1. The Hall–Kier alpha value is -6.30. The molecule has 0 unspecified atom stereocenters. The van der Waals surface area contributed by atoms with Crippen LogP contribution < -0.4 is 21.3 Å². The molecule has 5 N–H and O–H groups in total. The molecule has 1 aromatic heterocycles. The second kappa shape index (κ2) is 20.2. The van der Waals surface area contributed by atoms with Crippen molar-refractivity contribution in [2.75, 3.05) is 0 Å². The molecule has 0 saturated heterocycles. The van der Waals surface area contributed by atoms with E-state index in [1.807, 2.05) is 117 Å². The number of amides is 4. The van der Waals surface area contributed by atoms with Crippen molar-refractivity contribution >= 4 is 40.9 Å². The minimum absolute atomic E-state index is 0.000445. The van der Waals surface area contributed by atoms with Gasteiger partial charge in [-0.2, -0.15) is 0 Å². The van der Waals surface area contributed by atoms with Gasteiger partial charge in [-0.15, -0.1) is 0 Å².